The number of amidine groups is 1. The highest BCUT2D eigenvalue weighted by Gasteiger charge is 2.32. The van der Waals surface area contributed by atoms with Gasteiger partial charge in [-0.15, -0.1) is 12.4 Å². The van der Waals surface area contributed by atoms with Crippen molar-refractivity contribution in [3.63, 3.8) is 0 Å². The van der Waals surface area contributed by atoms with Gasteiger partial charge in [-0.1, -0.05) is 20.8 Å². The van der Waals surface area contributed by atoms with E-state index in [4.69, 9.17) is 14.9 Å². The number of anilines is 1. The summed E-state index contributed by atoms with van der Waals surface area (Å²) in [5, 5.41) is 20.8. The fraction of sp³-hybridized carbons (Fsp3) is 0.483. The number of ether oxygens (including phenoxy) is 2. The highest BCUT2D eigenvalue weighted by molar-refractivity contribution is 6.08. The lowest BCUT2D eigenvalue weighted by molar-refractivity contribution is 0.0953. The number of nitrogens with zero attached hydrogens (tertiary/aromatic N) is 2. The molecule has 0 atom stereocenters. The molecule has 10 heteroatoms. The van der Waals surface area contributed by atoms with E-state index in [0.29, 0.717) is 61.7 Å². The second-order valence-corrected chi connectivity index (χ2v) is 10.7. The Morgan fingerprint density at radius 2 is 1.92 bits per heavy atom. The van der Waals surface area contributed by atoms with Crippen LogP contribution in [0.25, 0.3) is 0 Å². The number of hydrogen-bond donors (Lipinski definition) is 3. The molecular formula is C29H39ClN4O5. The molecule has 0 aromatic heterocycles. The van der Waals surface area contributed by atoms with Crippen molar-refractivity contribution < 1.29 is 24.2 Å². The molecule has 212 valence electrons. The summed E-state index contributed by atoms with van der Waals surface area (Å²) in [6.07, 6.45) is 0.632. The summed E-state index contributed by atoms with van der Waals surface area (Å²) in [7, 11) is 1.56. The van der Waals surface area contributed by atoms with Crippen LogP contribution < -0.4 is 19.7 Å². The maximum absolute atomic E-state index is 13.6. The lowest BCUT2D eigenvalue weighted by Gasteiger charge is -2.35. The topological polar surface area (TPSA) is 115 Å². The minimum absolute atomic E-state index is 0. The third-order valence-electron chi connectivity index (χ3n) is 6.98. The van der Waals surface area contributed by atoms with Gasteiger partial charge < -0.3 is 29.7 Å². The first kappa shape index (κ1) is 30.2. The van der Waals surface area contributed by atoms with E-state index in [-0.39, 0.29) is 48.5 Å². The van der Waals surface area contributed by atoms with E-state index in [1.165, 1.54) is 0 Å². The Bertz CT molecular complexity index is 1260. The molecule has 0 spiro atoms. The average Bonchev–Trinajstić information content (AvgIpc) is 3.19. The molecule has 0 saturated heterocycles. The molecule has 0 fully saturated rings. The summed E-state index contributed by atoms with van der Waals surface area (Å²) in [5.74, 6) is 1.10. The molecule has 9 nitrogen and oxygen atoms in total. The molecule has 2 heterocycles. The third kappa shape index (κ3) is 6.15. The predicted octanol–water partition coefficient (Wildman–Crippen LogP) is 3.77. The van der Waals surface area contributed by atoms with Crippen LogP contribution >= 0.6 is 12.4 Å². The first-order valence-corrected chi connectivity index (χ1v) is 13.1. The Morgan fingerprint density at radius 1 is 1.18 bits per heavy atom. The molecule has 3 N–H and O–H groups in total. The number of halogens is 1. The van der Waals surface area contributed by atoms with Crippen molar-refractivity contribution in [2.45, 2.75) is 46.1 Å². The average molecular weight is 559 g/mol. The predicted molar refractivity (Wildman–Crippen MR) is 154 cm³/mol. The summed E-state index contributed by atoms with van der Waals surface area (Å²) in [6, 6.07) is 7.28. The van der Waals surface area contributed by atoms with E-state index in [9.17, 15) is 14.7 Å². The van der Waals surface area contributed by atoms with Gasteiger partial charge in [0.25, 0.3) is 5.91 Å². The Kier molecular flexibility index (Phi) is 9.51. The van der Waals surface area contributed by atoms with Gasteiger partial charge in [0.2, 0.25) is 0 Å². The summed E-state index contributed by atoms with van der Waals surface area (Å²) in [4.78, 5) is 30.0. The summed E-state index contributed by atoms with van der Waals surface area (Å²) < 4.78 is 11.8. The van der Waals surface area contributed by atoms with Crippen LogP contribution in [0.2, 0.25) is 0 Å². The van der Waals surface area contributed by atoms with E-state index < -0.39 is 0 Å². The Hall–Kier alpha value is -3.30. The van der Waals surface area contributed by atoms with E-state index in [0.717, 1.165) is 22.6 Å². The van der Waals surface area contributed by atoms with Gasteiger partial charge in [0, 0.05) is 43.4 Å². The van der Waals surface area contributed by atoms with Gasteiger partial charge in [-0.05, 0) is 48.6 Å². The first-order valence-electron chi connectivity index (χ1n) is 13.1. The normalized spacial score (nSPS) is 14.3. The fourth-order valence-corrected chi connectivity index (χ4v) is 5.01. The smallest absolute Gasteiger partial charge is 0.254 e. The van der Waals surface area contributed by atoms with E-state index >= 15 is 0 Å². The summed E-state index contributed by atoms with van der Waals surface area (Å²) in [6.45, 7) is 11.0. The first-order chi connectivity index (χ1) is 18.1. The zero-order valence-corrected chi connectivity index (χ0v) is 24.2. The highest BCUT2D eigenvalue weighted by atomic mass is 35.5. The molecule has 2 aromatic carbocycles. The van der Waals surface area contributed by atoms with Gasteiger partial charge in [-0.3, -0.25) is 15.0 Å². The maximum atomic E-state index is 13.6. The number of fused-ring (bicyclic) bond motifs is 2. The van der Waals surface area contributed by atoms with Crippen molar-refractivity contribution in [1.29, 1.82) is 5.41 Å². The molecule has 1 amide bonds. The van der Waals surface area contributed by atoms with Crippen LogP contribution in [-0.2, 0) is 12.0 Å². The number of aliphatic hydroxyl groups is 1. The molecule has 0 bridgehead atoms. The second-order valence-electron chi connectivity index (χ2n) is 10.7. The molecule has 0 unspecified atom stereocenters. The molecule has 2 aliphatic heterocycles. The molecule has 0 radical (unpaired) electrons. The minimum Gasteiger partial charge on any atom is -0.493 e. The van der Waals surface area contributed by atoms with Crippen LogP contribution in [0.3, 0.4) is 0 Å². The molecule has 0 aliphatic carbocycles. The van der Waals surface area contributed by atoms with Crippen molar-refractivity contribution >= 4 is 35.6 Å². The fourth-order valence-electron chi connectivity index (χ4n) is 5.01. The van der Waals surface area contributed by atoms with E-state index in [1.807, 2.05) is 19.1 Å². The van der Waals surface area contributed by atoms with Crippen molar-refractivity contribution in [2.75, 3.05) is 51.4 Å². The number of Topliss-reactive ketones (excluding diaryl/α,β-unsaturated/α-hetero) is 1. The van der Waals surface area contributed by atoms with Crippen molar-refractivity contribution in [3.8, 4) is 11.5 Å². The van der Waals surface area contributed by atoms with Gasteiger partial charge in [0.05, 0.1) is 30.9 Å². The standard InChI is InChI=1S/C29H38N4O5.ClH/c1-6-37-25-14-19-16-33(27(30)20(19)15-21(25)28(36)31-5)17-24(35)18-12-22(29(2,3)4)26-23(13-18)32(8-7-10-34)9-11-38-26;/h12-15,30,34H,6-11,16-17H2,1-5H3,(H,31,36);1H. The van der Waals surface area contributed by atoms with Gasteiger partial charge in [-0.25, -0.2) is 0 Å². The molecule has 2 aromatic rings. The minimum atomic E-state index is -0.282. The molecule has 4 rings (SSSR count). The highest BCUT2D eigenvalue weighted by Crippen LogP contribution is 2.42. The van der Waals surface area contributed by atoms with Gasteiger partial charge in [-0.2, -0.15) is 0 Å². The van der Waals surface area contributed by atoms with Crippen LogP contribution in [0.15, 0.2) is 24.3 Å². The summed E-state index contributed by atoms with van der Waals surface area (Å²) >= 11 is 0. The maximum Gasteiger partial charge on any atom is 0.254 e. The largest absolute Gasteiger partial charge is 0.493 e. The van der Waals surface area contributed by atoms with Crippen molar-refractivity contribution in [1.82, 2.24) is 10.2 Å². The van der Waals surface area contributed by atoms with Gasteiger partial charge in [0.1, 0.15) is 23.9 Å². The zero-order chi connectivity index (χ0) is 27.6. The van der Waals surface area contributed by atoms with E-state index in [1.54, 1.807) is 24.1 Å². The van der Waals surface area contributed by atoms with Crippen LogP contribution in [0.1, 0.15) is 71.5 Å². The lowest BCUT2D eigenvalue weighted by Crippen LogP contribution is -2.36. The van der Waals surface area contributed by atoms with Gasteiger partial charge in [0.15, 0.2) is 5.78 Å². The molecular weight excluding hydrogens is 520 g/mol. The quantitative estimate of drug-likeness (QED) is 0.401. The number of ketones is 1. The SMILES string of the molecule is CCOc1cc2c(cc1C(=O)NC)C(=N)N(CC(=O)c1cc3c(c(C(C)(C)C)c1)OCCN3CCCO)C2.Cl. The Morgan fingerprint density at radius 3 is 2.56 bits per heavy atom. The zero-order valence-electron chi connectivity index (χ0n) is 23.3. The number of hydrogen-bond acceptors (Lipinski definition) is 7. The third-order valence-corrected chi connectivity index (χ3v) is 6.98. The molecule has 2 aliphatic rings. The second kappa shape index (κ2) is 12.3. The Balaban J connectivity index is 0.00000420. The van der Waals surface area contributed by atoms with Gasteiger partial charge >= 0.3 is 0 Å². The Labute approximate surface area is 236 Å². The monoisotopic (exact) mass is 558 g/mol. The van der Waals surface area contributed by atoms with Crippen LogP contribution in [-0.4, -0.2) is 74.0 Å². The molecule has 39 heavy (non-hydrogen) atoms. The molecule has 0 saturated carbocycles. The van der Waals surface area contributed by atoms with E-state index in [2.05, 4.69) is 31.0 Å². The number of carbonyl (C=O) groups excluding carboxylic acids is 2. The number of benzene rings is 2. The van der Waals surface area contributed by atoms with Crippen LogP contribution in [0.5, 0.6) is 11.5 Å². The number of aliphatic hydroxyl groups excluding tert-OH is 1. The van der Waals surface area contributed by atoms with Crippen molar-refractivity contribution in [3.05, 3.63) is 52.1 Å². The number of carbonyl (C=O) groups is 2. The van der Waals surface area contributed by atoms with Crippen molar-refractivity contribution in [2.24, 2.45) is 0 Å². The van der Waals surface area contributed by atoms with Crippen LogP contribution in [0.4, 0.5) is 5.69 Å². The summed E-state index contributed by atoms with van der Waals surface area (Å²) in [5.41, 5.74) is 4.01. The number of rotatable bonds is 9. The lowest BCUT2D eigenvalue weighted by atomic mass is 9.84. The number of amides is 1. The van der Waals surface area contributed by atoms with Crippen LogP contribution in [0, 0.1) is 5.41 Å². The number of nitrogens with one attached hydrogen (secondary N) is 2.